The number of anilines is 1. The average Bonchev–Trinajstić information content (AvgIpc) is 2.86. The highest BCUT2D eigenvalue weighted by atomic mass is 16.7. The number of nitrogens with one attached hydrogen (secondary N) is 1. The lowest BCUT2D eigenvalue weighted by Gasteiger charge is -2.33. The maximum absolute atomic E-state index is 5.83. The fraction of sp³-hybridized carbons (Fsp3) is 0.688. The predicted octanol–water partition coefficient (Wildman–Crippen LogP) is 1.79. The lowest BCUT2D eigenvalue weighted by Crippen LogP contribution is -2.45. The van der Waals surface area contributed by atoms with Gasteiger partial charge in [-0.1, -0.05) is 6.07 Å². The van der Waals surface area contributed by atoms with Crippen LogP contribution in [0.3, 0.4) is 0 Å². The fourth-order valence-electron chi connectivity index (χ4n) is 3.02. The Morgan fingerprint density at radius 2 is 2.14 bits per heavy atom. The summed E-state index contributed by atoms with van der Waals surface area (Å²) in [4.78, 5) is 6.78. The summed E-state index contributed by atoms with van der Waals surface area (Å²) in [5, 5.41) is 3.62. The predicted molar refractivity (Wildman–Crippen MR) is 82.4 cm³/mol. The van der Waals surface area contributed by atoms with Crippen molar-refractivity contribution in [2.75, 3.05) is 31.1 Å². The van der Waals surface area contributed by atoms with Crippen LogP contribution in [0.15, 0.2) is 24.4 Å². The van der Waals surface area contributed by atoms with Crippen LogP contribution < -0.4 is 10.2 Å². The molecule has 5 heteroatoms. The Morgan fingerprint density at radius 1 is 1.33 bits per heavy atom. The molecule has 0 spiro atoms. The van der Waals surface area contributed by atoms with Crippen molar-refractivity contribution in [3.63, 3.8) is 0 Å². The minimum Gasteiger partial charge on any atom is -0.357 e. The van der Waals surface area contributed by atoms with E-state index in [2.05, 4.69) is 21.3 Å². The Hall–Kier alpha value is -1.17. The molecule has 5 nitrogen and oxygen atoms in total. The molecule has 0 bridgehead atoms. The molecule has 1 aromatic heterocycles. The van der Waals surface area contributed by atoms with Crippen LogP contribution in [-0.4, -0.2) is 49.2 Å². The standard InChI is InChI=1S/C16H25N3O2/c1-16(2)20-12-14(21-16)11-18-13-6-9-19(10-7-13)15-5-3-4-8-17-15/h3-5,8,13-14,18H,6-7,9-12H2,1-2H3. The van der Waals surface area contributed by atoms with Gasteiger partial charge in [0.1, 0.15) is 5.82 Å². The summed E-state index contributed by atoms with van der Waals surface area (Å²) in [6, 6.07) is 6.66. The van der Waals surface area contributed by atoms with E-state index >= 15 is 0 Å². The van der Waals surface area contributed by atoms with Gasteiger partial charge in [-0.2, -0.15) is 0 Å². The molecule has 1 unspecified atom stereocenters. The molecule has 3 rings (SSSR count). The van der Waals surface area contributed by atoms with E-state index < -0.39 is 5.79 Å². The second kappa shape index (κ2) is 6.30. The molecule has 2 saturated heterocycles. The highest BCUT2D eigenvalue weighted by molar-refractivity contribution is 5.38. The Kier molecular flexibility index (Phi) is 4.42. The van der Waals surface area contributed by atoms with Crippen molar-refractivity contribution in [3.8, 4) is 0 Å². The monoisotopic (exact) mass is 291 g/mol. The van der Waals surface area contributed by atoms with Gasteiger partial charge in [0, 0.05) is 31.9 Å². The summed E-state index contributed by atoms with van der Waals surface area (Å²) in [6.07, 6.45) is 4.33. The third-order valence-electron chi connectivity index (χ3n) is 4.17. The van der Waals surface area contributed by atoms with Gasteiger partial charge in [0.25, 0.3) is 0 Å². The van der Waals surface area contributed by atoms with Gasteiger partial charge in [0.15, 0.2) is 5.79 Å². The fourth-order valence-corrected chi connectivity index (χ4v) is 3.02. The number of nitrogens with zero attached hydrogens (tertiary/aromatic N) is 2. The number of hydrogen-bond donors (Lipinski definition) is 1. The molecule has 0 amide bonds. The molecule has 2 aliphatic heterocycles. The molecule has 0 saturated carbocycles. The molecular weight excluding hydrogens is 266 g/mol. The van der Waals surface area contributed by atoms with Gasteiger partial charge in [-0.3, -0.25) is 0 Å². The van der Waals surface area contributed by atoms with Crippen LogP contribution in [0.4, 0.5) is 5.82 Å². The van der Waals surface area contributed by atoms with Gasteiger partial charge in [-0.05, 0) is 38.8 Å². The summed E-state index contributed by atoms with van der Waals surface area (Å²) >= 11 is 0. The number of hydrogen-bond acceptors (Lipinski definition) is 5. The zero-order chi connectivity index (χ0) is 14.7. The van der Waals surface area contributed by atoms with E-state index in [0.29, 0.717) is 12.6 Å². The van der Waals surface area contributed by atoms with E-state index in [1.54, 1.807) is 0 Å². The van der Waals surface area contributed by atoms with Gasteiger partial charge in [-0.25, -0.2) is 4.98 Å². The summed E-state index contributed by atoms with van der Waals surface area (Å²) in [7, 11) is 0. The van der Waals surface area contributed by atoms with E-state index in [1.807, 2.05) is 32.2 Å². The third kappa shape index (κ3) is 3.93. The Bertz CT molecular complexity index is 444. The molecule has 1 N–H and O–H groups in total. The topological polar surface area (TPSA) is 46.6 Å². The Labute approximate surface area is 126 Å². The van der Waals surface area contributed by atoms with Gasteiger partial charge in [-0.15, -0.1) is 0 Å². The molecular formula is C16H25N3O2. The second-order valence-corrected chi connectivity index (χ2v) is 6.31. The number of aromatic nitrogens is 1. The van der Waals surface area contributed by atoms with Gasteiger partial charge >= 0.3 is 0 Å². The van der Waals surface area contributed by atoms with Crippen molar-refractivity contribution in [2.45, 2.75) is 44.6 Å². The van der Waals surface area contributed by atoms with Crippen molar-refractivity contribution in [1.82, 2.24) is 10.3 Å². The molecule has 2 aliphatic rings. The first-order valence-electron chi connectivity index (χ1n) is 7.83. The van der Waals surface area contributed by atoms with Crippen molar-refractivity contribution in [2.24, 2.45) is 0 Å². The highest BCUT2D eigenvalue weighted by Crippen LogP contribution is 2.22. The summed E-state index contributed by atoms with van der Waals surface area (Å²) in [5.41, 5.74) is 0. The zero-order valence-electron chi connectivity index (χ0n) is 12.9. The van der Waals surface area contributed by atoms with Gasteiger partial charge in [0.2, 0.25) is 0 Å². The van der Waals surface area contributed by atoms with Crippen LogP contribution in [0.2, 0.25) is 0 Å². The Morgan fingerprint density at radius 3 is 2.76 bits per heavy atom. The first kappa shape index (κ1) is 14.8. The zero-order valence-corrected chi connectivity index (χ0v) is 12.9. The molecule has 1 atom stereocenters. The molecule has 2 fully saturated rings. The quantitative estimate of drug-likeness (QED) is 0.916. The highest BCUT2D eigenvalue weighted by Gasteiger charge is 2.32. The smallest absolute Gasteiger partial charge is 0.163 e. The van der Waals surface area contributed by atoms with Gasteiger partial charge in [0.05, 0.1) is 12.7 Å². The van der Waals surface area contributed by atoms with Crippen LogP contribution in [0, 0.1) is 0 Å². The molecule has 0 aromatic carbocycles. The van der Waals surface area contributed by atoms with E-state index in [9.17, 15) is 0 Å². The maximum atomic E-state index is 5.83. The van der Waals surface area contributed by atoms with E-state index in [0.717, 1.165) is 38.3 Å². The minimum atomic E-state index is -0.422. The van der Waals surface area contributed by atoms with Crippen molar-refractivity contribution in [1.29, 1.82) is 0 Å². The Balaban J connectivity index is 1.40. The molecule has 1 aromatic rings. The van der Waals surface area contributed by atoms with Crippen LogP contribution >= 0.6 is 0 Å². The average molecular weight is 291 g/mol. The van der Waals surface area contributed by atoms with Crippen LogP contribution in [0.5, 0.6) is 0 Å². The molecule has 3 heterocycles. The van der Waals surface area contributed by atoms with Crippen LogP contribution in [0.25, 0.3) is 0 Å². The molecule has 21 heavy (non-hydrogen) atoms. The van der Waals surface area contributed by atoms with Crippen molar-refractivity contribution >= 4 is 5.82 Å². The largest absolute Gasteiger partial charge is 0.357 e. The SMILES string of the molecule is CC1(C)OCC(CNC2CCN(c3ccccn3)CC2)O1. The van der Waals surface area contributed by atoms with Gasteiger partial charge < -0.3 is 19.7 Å². The normalized spacial score (nSPS) is 26.2. The van der Waals surface area contributed by atoms with Crippen molar-refractivity contribution < 1.29 is 9.47 Å². The lowest BCUT2D eigenvalue weighted by molar-refractivity contribution is -0.137. The molecule has 0 radical (unpaired) electrons. The van der Waals surface area contributed by atoms with Crippen LogP contribution in [-0.2, 0) is 9.47 Å². The summed E-state index contributed by atoms with van der Waals surface area (Å²) < 4.78 is 11.4. The lowest BCUT2D eigenvalue weighted by atomic mass is 10.0. The van der Waals surface area contributed by atoms with E-state index in [4.69, 9.17) is 9.47 Å². The number of rotatable bonds is 4. The first-order chi connectivity index (χ1) is 10.1. The summed E-state index contributed by atoms with van der Waals surface area (Å²) in [5.74, 6) is 0.666. The number of ether oxygens (including phenoxy) is 2. The first-order valence-corrected chi connectivity index (χ1v) is 7.83. The third-order valence-corrected chi connectivity index (χ3v) is 4.17. The summed E-state index contributed by atoms with van der Waals surface area (Å²) in [6.45, 7) is 7.62. The number of piperidine rings is 1. The molecule has 116 valence electrons. The van der Waals surface area contributed by atoms with Crippen LogP contribution in [0.1, 0.15) is 26.7 Å². The number of pyridine rings is 1. The van der Waals surface area contributed by atoms with E-state index in [1.165, 1.54) is 0 Å². The minimum absolute atomic E-state index is 0.175. The maximum Gasteiger partial charge on any atom is 0.163 e. The second-order valence-electron chi connectivity index (χ2n) is 6.31. The van der Waals surface area contributed by atoms with Crippen molar-refractivity contribution in [3.05, 3.63) is 24.4 Å². The molecule has 0 aliphatic carbocycles. The van der Waals surface area contributed by atoms with E-state index in [-0.39, 0.29) is 6.10 Å².